The average Bonchev–Trinajstić information content (AvgIpc) is 2.80. The summed E-state index contributed by atoms with van der Waals surface area (Å²) in [6.45, 7) is 5.94. The Bertz CT molecular complexity index is 336. The van der Waals surface area contributed by atoms with Crippen molar-refractivity contribution >= 4 is 5.91 Å². The smallest absolute Gasteiger partial charge is 0.244 e. The molecule has 0 aliphatic rings. The molecule has 0 spiro atoms. The second-order valence-corrected chi connectivity index (χ2v) is 4.53. The number of carbonyl (C=O) groups excluding carboxylic acids is 1. The second kappa shape index (κ2) is 6.39. The van der Waals surface area contributed by atoms with Crippen LogP contribution >= 0.6 is 0 Å². The highest BCUT2D eigenvalue weighted by molar-refractivity contribution is 5.80. The molecule has 0 aromatic carbocycles. The fraction of sp³-hybridized carbons (Fsp3) is 0.667. The van der Waals surface area contributed by atoms with E-state index in [1.165, 1.54) is 0 Å². The molecule has 0 saturated carbocycles. The Labute approximate surface area is 102 Å². The van der Waals surface area contributed by atoms with Gasteiger partial charge in [0.15, 0.2) is 0 Å². The van der Waals surface area contributed by atoms with Gasteiger partial charge < -0.3 is 10.4 Å². The molecule has 5 nitrogen and oxygen atoms in total. The number of nitrogens with one attached hydrogen (secondary N) is 1. The van der Waals surface area contributed by atoms with E-state index in [2.05, 4.69) is 10.4 Å². The van der Waals surface area contributed by atoms with Crippen LogP contribution in [-0.4, -0.2) is 33.4 Å². The molecule has 1 heterocycles. The molecular weight excluding hydrogens is 218 g/mol. The molecule has 2 atom stereocenters. The van der Waals surface area contributed by atoms with Crippen molar-refractivity contribution in [1.82, 2.24) is 15.1 Å². The lowest BCUT2D eigenvalue weighted by Gasteiger charge is -2.23. The fourth-order valence-corrected chi connectivity index (χ4v) is 1.64. The van der Waals surface area contributed by atoms with Gasteiger partial charge in [0, 0.05) is 25.0 Å². The number of carbonyl (C=O) groups is 1. The minimum atomic E-state index is -0.329. The standard InChI is InChI=1S/C12H21N3O2/c1-9(2)11(5-8-16)14-12(17)10(3)15-7-4-6-13-15/h4,6-7,9-11,16H,5,8H2,1-3H3,(H,14,17). The largest absolute Gasteiger partial charge is 0.396 e. The van der Waals surface area contributed by atoms with Crippen LogP contribution in [0.4, 0.5) is 0 Å². The van der Waals surface area contributed by atoms with Gasteiger partial charge >= 0.3 is 0 Å². The number of rotatable bonds is 6. The van der Waals surface area contributed by atoms with E-state index in [1.54, 1.807) is 30.1 Å². The maximum absolute atomic E-state index is 12.0. The van der Waals surface area contributed by atoms with Gasteiger partial charge in [0.05, 0.1) is 0 Å². The Morgan fingerprint density at radius 1 is 1.47 bits per heavy atom. The molecule has 1 rings (SSSR count). The zero-order valence-corrected chi connectivity index (χ0v) is 10.6. The van der Waals surface area contributed by atoms with Crippen molar-refractivity contribution in [3.8, 4) is 0 Å². The Morgan fingerprint density at radius 3 is 2.65 bits per heavy atom. The van der Waals surface area contributed by atoms with E-state index in [0.29, 0.717) is 12.3 Å². The molecule has 0 aliphatic carbocycles. The molecular formula is C12H21N3O2. The zero-order valence-electron chi connectivity index (χ0n) is 10.6. The van der Waals surface area contributed by atoms with Crippen molar-refractivity contribution in [3.05, 3.63) is 18.5 Å². The number of hydrogen-bond donors (Lipinski definition) is 2. The molecule has 0 aliphatic heterocycles. The van der Waals surface area contributed by atoms with E-state index in [4.69, 9.17) is 5.11 Å². The molecule has 17 heavy (non-hydrogen) atoms. The number of nitrogens with zero attached hydrogens (tertiary/aromatic N) is 2. The lowest BCUT2D eigenvalue weighted by Crippen LogP contribution is -2.42. The van der Waals surface area contributed by atoms with Crippen LogP contribution in [0.2, 0.25) is 0 Å². The van der Waals surface area contributed by atoms with E-state index in [0.717, 1.165) is 0 Å². The Morgan fingerprint density at radius 2 is 2.18 bits per heavy atom. The summed E-state index contributed by atoms with van der Waals surface area (Å²) < 4.78 is 1.62. The van der Waals surface area contributed by atoms with Crippen LogP contribution in [0.5, 0.6) is 0 Å². The number of hydrogen-bond acceptors (Lipinski definition) is 3. The van der Waals surface area contributed by atoms with E-state index in [1.807, 2.05) is 13.8 Å². The van der Waals surface area contributed by atoms with Gasteiger partial charge in [0.2, 0.25) is 5.91 Å². The van der Waals surface area contributed by atoms with Gasteiger partial charge in [-0.1, -0.05) is 13.8 Å². The van der Waals surface area contributed by atoms with Crippen LogP contribution in [0.1, 0.15) is 33.2 Å². The van der Waals surface area contributed by atoms with Gasteiger partial charge in [-0.05, 0) is 25.3 Å². The number of aliphatic hydroxyl groups is 1. The minimum Gasteiger partial charge on any atom is -0.396 e. The summed E-state index contributed by atoms with van der Waals surface area (Å²) in [5.74, 6) is 0.233. The Kier molecular flexibility index (Phi) is 5.15. The lowest BCUT2D eigenvalue weighted by atomic mass is 10.0. The normalized spacial score (nSPS) is 14.6. The van der Waals surface area contributed by atoms with E-state index in [-0.39, 0.29) is 24.6 Å². The number of aliphatic hydroxyl groups excluding tert-OH is 1. The summed E-state index contributed by atoms with van der Waals surface area (Å²) in [7, 11) is 0. The zero-order chi connectivity index (χ0) is 12.8. The van der Waals surface area contributed by atoms with Crippen molar-refractivity contribution < 1.29 is 9.90 Å². The number of amides is 1. The molecule has 0 fully saturated rings. The van der Waals surface area contributed by atoms with Crippen molar-refractivity contribution in [2.75, 3.05) is 6.61 Å². The molecule has 1 aromatic heterocycles. The lowest BCUT2D eigenvalue weighted by molar-refractivity contribution is -0.125. The predicted molar refractivity (Wildman–Crippen MR) is 65.4 cm³/mol. The summed E-state index contributed by atoms with van der Waals surface area (Å²) in [6, 6.07) is 1.47. The first-order valence-corrected chi connectivity index (χ1v) is 5.96. The first-order valence-electron chi connectivity index (χ1n) is 5.96. The van der Waals surface area contributed by atoms with E-state index < -0.39 is 0 Å². The summed E-state index contributed by atoms with van der Waals surface area (Å²) in [6.07, 6.45) is 3.99. The Balaban J connectivity index is 2.58. The molecule has 0 saturated heterocycles. The summed E-state index contributed by atoms with van der Waals surface area (Å²) in [5.41, 5.74) is 0. The fourth-order valence-electron chi connectivity index (χ4n) is 1.64. The van der Waals surface area contributed by atoms with Gasteiger partial charge in [0.1, 0.15) is 6.04 Å². The van der Waals surface area contributed by atoms with E-state index in [9.17, 15) is 4.79 Å². The highest BCUT2D eigenvalue weighted by atomic mass is 16.3. The molecule has 1 amide bonds. The summed E-state index contributed by atoms with van der Waals surface area (Å²) in [5, 5.41) is 15.9. The van der Waals surface area contributed by atoms with Crippen LogP contribution in [-0.2, 0) is 4.79 Å². The van der Waals surface area contributed by atoms with Crippen LogP contribution in [0.3, 0.4) is 0 Å². The highest BCUT2D eigenvalue weighted by Crippen LogP contribution is 2.09. The third kappa shape index (κ3) is 3.85. The minimum absolute atomic E-state index is 0.00510. The van der Waals surface area contributed by atoms with Crippen molar-refractivity contribution in [3.63, 3.8) is 0 Å². The first-order chi connectivity index (χ1) is 8.06. The van der Waals surface area contributed by atoms with Gasteiger partial charge in [-0.15, -0.1) is 0 Å². The summed E-state index contributed by atoms with van der Waals surface area (Å²) in [4.78, 5) is 12.0. The highest BCUT2D eigenvalue weighted by Gasteiger charge is 2.20. The molecule has 2 unspecified atom stereocenters. The molecule has 1 aromatic rings. The van der Waals surface area contributed by atoms with Crippen LogP contribution < -0.4 is 5.32 Å². The first kappa shape index (κ1) is 13.7. The molecule has 5 heteroatoms. The maximum atomic E-state index is 12.0. The van der Waals surface area contributed by atoms with Crippen molar-refractivity contribution in [2.24, 2.45) is 5.92 Å². The van der Waals surface area contributed by atoms with Gasteiger partial charge in [-0.3, -0.25) is 9.48 Å². The third-order valence-corrected chi connectivity index (χ3v) is 2.87. The molecule has 0 radical (unpaired) electrons. The second-order valence-electron chi connectivity index (χ2n) is 4.53. The van der Waals surface area contributed by atoms with E-state index >= 15 is 0 Å². The quantitative estimate of drug-likeness (QED) is 0.777. The number of aromatic nitrogens is 2. The SMILES string of the molecule is CC(C)C(CCO)NC(=O)C(C)n1cccn1. The molecule has 0 bridgehead atoms. The predicted octanol–water partition coefficient (Wildman–Crippen LogP) is 0.967. The monoisotopic (exact) mass is 239 g/mol. The van der Waals surface area contributed by atoms with Crippen molar-refractivity contribution in [1.29, 1.82) is 0 Å². The van der Waals surface area contributed by atoms with Crippen LogP contribution in [0, 0.1) is 5.92 Å². The summed E-state index contributed by atoms with van der Waals surface area (Å²) >= 11 is 0. The van der Waals surface area contributed by atoms with Gasteiger partial charge in [0.25, 0.3) is 0 Å². The topological polar surface area (TPSA) is 67.2 Å². The Hall–Kier alpha value is -1.36. The van der Waals surface area contributed by atoms with Crippen molar-refractivity contribution in [2.45, 2.75) is 39.3 Å². The van der Waals surface area contributed by atoms with Crippen LogP contribution in [0.25, 0.3) is 0 Å². The van der Waals surface area contributed by atoms with Gasteiger partial charge in [-0.2, -0.15) is 5.10 Å². The average molecular weight is 239 g/mol. The molecule has 96 valence electrons. The van der Waals surface area contributed by atoms with Gasteiger partial charge in [-0.25, -0.2) is 0 Å². The molecule has 2 N–H and O–H groups in total. The third-order valence-electron chi connectivity index (χ3n) is 2.87. The van der Waals surface area contributed by atoms with Crippen LogP contribution in [0.15, 0.2) is 18.5 Å². The maximum Gasteiger partial charge on any atom is 0.244 e.